The molecule has 0 saturated carbocycles. The molecule has 0 aliphatic rings. The molecule has 0 fully saturated rings. The molecule has 2 heteroatoms. The Bertz CT molecular complexity index is 2330. The van der Waals surface area contributed by atoms with Crippen molar-refractivity contribution in [3.8, 4) is 44.5 Å². The molecule has 0 saturated heterocycles. The van der Waals surface area contributed by atoms with Gasteiger partial charge in [-0.2, -0.15) is 0 Å². The molecule has 9 aromatic carbocycles. The Morgan fingerprint density at radius 1 is 0.229 bits per heavy atom. The van der Waals surface area contributed by atoms with Crippen LogP contribution in [0.2, 0.25) is 0 Å². The molecule has 0 nitrogen and oxygen atoms in total. The molecule has 0 aliphatic carbocycles. The van der Waals surface area contributed by atoms with Crippen molar-refractivity contribution in [3.05, 3.63) is 177 Å². The zero-order chi connectivity index (χ0) is 32.2. The van der Waals surface area contributed by atoms with Gasteiger partial charge in [0, 0.05) is 29.4 Å². The molecule has 9 rings (SSSR count). The van der Waals surface area contributed by atoms with Gasteiger partial charge >= 0.3 is 0 Å². The summed E-state index contributed by atoms with van der Waals surface area (Å²) in [5, 5.41) is 9.99. The fourth-order valence-electron chi connectivity index (χ4n) is 7.15. The van der Waals surface area contributed by atoms with Gasteiger partial charge in [0.15, 0.2) is 0 Å². The molecule has 0 unspecified atom stereocenters. The van der Waals surface area contributed by atoms with Gasteiger partial charge in [0.05, 0.1) is 0 Å². The summed E-state index contributed by atoms with van der Waals surface area (Å²) >= 11 is 5.30. The maximum Gasteiger partial charge on any atom is 0.0300 e. The van der Waals surface area contributed by atoms with Crippen LogP contribution in [0, 0.1) is 7.14 Å². The Balaban J connectivity index is 1.43. The van der Waals surface area contributed by atoms with E-state index in [1.807, 2.05) is 0 Å². The van der Waals surface area contributed by atoms with E-state index in [1.54, 1.807) is 0 Å². The highest BCUT2D eigenvalue weighted by Crippen LogP contribution is 2.51. The Morgan fingerprint density at radius 2 is 0.438 bits per heavy atom. The van der Waals surface area contributed by atoms with Gasteiger partial charge in [0.2, 0.25) is 0 Å². The second kappa shape index (κ2) is 12.2. The van der Waals surface area contributed by atoms with Crippen molar-refractivity contribution in [2.45, 2.75) is 0 Å². The van der Waals surface area contributed by atoms with E-state index in [0.717, 1.165) is 0 Å². The minimum absolute atomic E-state index is 1.23. The molecule has 9 aromatic rings. The summed E-state index contributed by atoms with van der Waals surface area (Å²) in [4.78, 5) is 0. The molecule has 0 aromatic heterocycles. The Kier molecular flexibility index (Phi) is 7.51. The van der Waals surface area contributed by atoms with E-state index in [1.165, 1.54) is 94.7 Å². The maximum atomic E-state index is 2.65. The van der Waals surface area contributed by atoms with Gasteiger partial charge in [-0.1, -0.05) is 146 Å². The molecule has 0 spiro atoms. The fraction of sp³-hybridized carbons (Fsp3) is 0. The lowest BCUT2D eigenvalue weighted by Gasteiger charge is -2.24. The second-order valence-electron chi connectivity index (χ2n) is 12.4. The standard InChI is InChI=1S/C46H28I2/c47-45-41(37-21-17-29-9-1-5-13-33(29)25-37)42(38-22-18-30-10-2-6-14-34(30)26-38)46(48)44(40-24-20-32-12-4-8-16-36(32)28-40)43(45)39-23-19-31-11-3-7-15-35(31)27-39/h1-28H. The van der Waals surface area contributed by atoms with Crippen LogP contribution in [0.5, 0.6) is 0 Å². The van der Waals surface area contributed by atoms with Crippen LogP contribution in [0.1, 0.15) is 0 Å². The molecule has 48 heavy (non-hydrogen) atoms. The summed E-state index contributed by atoms with van der Waals surface area (Å²) in [6.07, 6.45) is 0. The van der Waals surface area contributed by atoms with E-state index in [0.29, 0.717) is 0 Å². The quantitative estimate of drug-likeness (QED) is 0.155. The van der Waals surface area contributed by atoms with E-state index < -0.39 is 0 Å². The molecular weight excluding hydrogens is 806 g/mol. The third kappa shape index (κ3) is 5.10. The largest absolute Gasteiger partial charge is 0.0616 e. The van der Waals surface area contributed by atoms with Crippen LogP contribution in [-0.2, 0) is 0 Å². The van der Waals surface area contributed by atoms with Gasteiger partial charge in [-0.25, -0.2) is 0 Å². The van der Waals surface area contributed by atoms with Gasteiger partial charge in [-0.3, -0.25) is 0 Å². The van der Waals surface area contributed by atoms with Crippen LogP contribution in [0.4, 0.5) is 0 Å². The zero-order valence-electron chi connectivity index (χ0n) is 25.9. The van der Waals surface area contributed by atoms with Crippen molar-refractivity contribution in [1.82, 2.24) is 0 Å². The SMILES string of the molecule is Ic1c(-c2ccc3ccccc3c2)c(-c2ccc3ccccc3c2)c(I)c(-c2ccc3ccccc3c2)c1-c1ccc2ccccc2c1. The second-order valence-corrected chi connectivity index (χ2v) is 14.5. The van der Waals surface area contributed by atoms with Crippen molar-refractivity contribution in [3.63, 3.8) is 0 Å². The summed E-state index contributed by atoms with van der Waals surface area (Å²) in [5.74, 6) is 0. The summed E-state index contributed by atoms with van der Waals surface area (Å²) < 4.78 is 2.51. The molecule has 0 amide bonds. The van der Waals surface area contributed by atoms with E-state index in [2.05, 4.69) is 215 Å². The molecular formula is C46H28I2. The number of halogens is 2. The van der Waals surface area contributed by atoms with Crippen LogP contribution in [0.25, 0.3) is 87.6 Å². The topological polar surface area (TPSA) is 0 Å². The van der Waals surface area contributed by atoms with E-state index >= 15 is 0 Å². The number of hydrogen-bond donors (Lipinski definition) is 0. The minimum atomic E-state index is 1.23. The lowest BCUT2D eigenvalue weighted by Crippen LogP contribution is -2.01. The summed E-state index contributed by atoms with van der Waals surface area (Å²) in [6, 6.07) is 62.4. The third-order valence-electron chi connectivity index (χ3n) is 9.53. The monoisotopic (exact) mass is 834 g/mol. The van der Waals surface area contributed by atoms with Crippen LogP contribution in [0.15, 0.2) is 170 Å². The molecule has 226 valence electrons. The Hall–Kier alpha value is -4.52. The minimum Gasteiger partial charge on any atom is -0.0616 e. The van der Waals surface area contributed by atoms with Crippen LogP contribution < -0.4 is 0 Å². The average Bonchev–Trinajstić information content (AvgIpc) is 3.14. The van der Waals surface area contributed by atoms with Crippen molar-refractivity contribution in [1.29, 1.82) is 0 Å². The lowest BCUT2D eigenvalue weighted by molar-refractivity contribution is 1.51. The number of benzene rings is 9. The average molecular weight is 835 g/mol. The highest BCUT2D eigenvalue weighted by Gasteiger charge is 2.26. The number of fused-ring (bicyclic) bond motifs is 4. The summed E-state index contributed by atoms with van der Waals surface area (Å²) in [7, 11) is 0. The van der Waals surface area contributed by atoms with Crippen LogP contribution in [0.3, 0.4) is 0 Å². The van der Waals surface area contributed by atoms with Gasteiger partial charge < -0.3 is 0 Å². The number of hydrogen-bond acceptors (Lipinski definition) is 0. The first-order chi connectivity index (χ1) is 23.6. The lowest BCUT2D eigenvalue weighted by atomic mass is 9.84. The van der Waals surface area contributed by atoms with E-state index in [-0.39, 0.29) is 0 Å². The smallest absolute Gasteiger partial charge is 0.0300 e. The molecule has 0 N–H and O–H groups in total. The van der Waals surface area contributed by atoms with Crippen molar-refractivity contribution >= 4 is 88.3 Å². The van der Waals surface area contributed by atoms with Gasteiger partial charge in [0.1, 0.15) is 0 Å². The summed E-state index contributed by atoms with van der Waals surface area (Å²) in [5.41, 5.74) is 10.0. The molecule has 0 aliphatic heterocycles. The van der Waals surface area contributed by atoms with E-state index in [4.69, 9.17) is 0 Å². The normalized spacial score (nSPS) is 11.5. The van der Waals surface area contributed by atoms with Crippen molar-refractivity contribution in [2.75, 3.05) is 0 Å². The van der Waals surface area contributed by atoms with E-state index in [9.17, 15) is 0 Å². The first-order valence-electron chi connectivity index (χ1n) is 16.1. The predicted molar refractivity (Wildman–Crippen MR) is 224 cm³/mol. The molecule has 0 heterocycles. The fourth-order valence-corrected chi connectivity index (χ4v) is 9.48. The first-order valence-corrected chi connectivity index (χ1v) is 18.3. The van der Waals surface area contributed by atoms with Gasteiger partial charge in [-0.05, 0) is 135 Å². The maximum absolute atomic E-state index is 2.65. The Morgan fingerprint density at radius 3 is 0.667 bits per heavy atom. The molecule has 0 bridgehead atoms. The van der Waals surface area contributed by atoms with Crippen molar-refractivity contribution in [2.24, 2.45) is 0 Å². The van der Waals surface area contributed by atoms with Gasteiger partial charge in [-0.15, -0.1) is 0 Å². The third-order valence-corrected chi connectivity index (χ3v) is 11.7. The highest BCUT2D eigenvalue weighted by molar-refractivity contribution is 14.1. The van der Waals surface area contributed by atoms with Crippen molar-refractivity contribution < 1.29 is 0 Å². The predicted octanol–water partition coefficient (Wildman–Crippen LogP) is 14.2. The zero-order valence-corrected chi connectivity index (χ0v) is 30.2. The highest BCUT2D eigenvalue weighted by atomic mass is 127. The first kappa shape index (κ1) is 29.6. The summed E-state index contributed by atoms with van der Waals surface area (Å²) in [6.45, 7) is 0. The molecule has 0 atom stereocenters. The van der Waals surface area contributed by atoms with Crippen LogP contribution >= 0.6 is 45.2 Å². The molecule has 0 radical (unpaired) electrons. The Labute approximate surface area is 307 Å². The van der Waals surface area contributed by atoms with Gasteiger partial charge in [0.25, 0.3) is 0 Å². The number of rotatable bonds is 4. The van der Waals surface area contributed by atoms with Crippen LogP contribution in [-0.4, -0.2) is 0 Å².